The maximum Gasteiger partial charge on any atom is 0.256 e. The summed E-state index contributed by atoms with van der Waals surface area (Å²) in [4.78, 5) is 25.2. The summed E-state index contributed by atoms with van der Waals surface area (Å²) < 4.78 is 5.22. The highest BCUT2D eigenvalue weighted by atomic mass is 16.5. The molecule has 0 unspecified atom stereocenters. The fourth-order valence-corrected chi connectivity index (χ4v) is 3.78. The first-order chi connectivity index (χ1) is 13.5. The number of ether oxygens (including phenoxy) is 1. The summed E-state index contributed by atoms with van der Waals surface area (Å²) in [6.45, 7) is 5.81. The molecule has 1 amide bonds. The quantitative estimate of drug-likeness (QED) is 0.737. The number of benzene rings is 1. The van der Waals surface area contributed by atoms with Crippen LogP contribution in [0.3, 0.4) is 0 Å². The van der Waals surface area contributed by atoms with E-state index in [0.29, 0.717) is 17.3 Å². The van der Waals surface area contributed by atoms with Crippen molar-refractivity contribution in [3.8, 4) is 5.75 Å². The molecule has 1 atom stereocenters. The molecule has 2 aromatic rings. The zero-order valence-electron chi connectivity index (χ0n) is 17.1. The van der Waals surface area contributed by atoms with E-state index in [1.54, 1.807) is 19.5 Å². The van der Waals surface area contributed by atoms with Gasteiger partial charge in [0.1, 0.15) is 11.6 Å². The smallest absolute Gasteiger partial charge is 0.256 e. The molecule has 2 heterocycles. The second-order valence-electron chi connectivity index (χ2n) is 7.61. The van der Waals surface area contributed by atoms with Crippen LogP contribution in [0.2, 0.25) is 0 Å². The normalized spacial score (nSPS) is 17.3. The molecule has 0 aliphatic carbocycles. The van der Waals surface area contributed by atoms with Crippen molar-refractivity contribution in [2.75, 3.05) is 40.3 Å². The lowest BCUT2D eigenvalue weighted by Gasteiger charge is -2.34. The summed E-state index contributed by atoms with van der Waals surface area (Å²) in [7, 11) is 3.56. The number of methoxy groups -OCH3 is 1. The number of piperidine rings is 1. The summed E-state index contributed by atoms with van der Waals surface area (Å²) in [6, 6.07) is 8.31. The SMILES string of the molecule is COc1ccc(CCN2CCC[C@@H](CN(C)C(=O)c3cnc(C)nc3)C2)cc1. The molecule has 1 aromatic carbocycles. The van der Waals surface area contributed by atoms with Gasteiger partial charge in [0.05, 0.1) is 12.7 Å². The lowest BCUT2D eigenvalue weighted by atomic mass is 9.97. The minimum absolute atomic E-state index is 0.00430. The van der Waals surface area contributed by atoms with Crippen LogP contribution in [-0.2, 0) is 6.42 Å². The van der Waals surface area contributed by atoms with Crippen molar-refractivity contribution in [2.45, 2.75) is 26.2 Å². The van der Waals surface area contributed by atoms with Crippen molar-refractivity contribution < 1.29 is 9.53 Å². The van der Waals surface area contributed by atoms with E-state index >= 15 is 0 Å². The number of carbonyl (C=O) groups excluding carboxylic acids is 1. The largest absolute Gasteiger partial charge is 0.497 e. The van der Waals surface area contributed by atoms with E-state index in [4.69, 9.17) is 4.74 Å². The van der Waals surface area contributed by atoms with E-state index in [0.717, 1.165) is 38.3 Å². The van der Waals surface area contributed by atoms with Crippen LogP contribution in [0.1, 0.15) is 34.6 Å². The Morgan fingerprint density at radius 1 is 1.25 bits per heavy atom. The van der Waals surface area contributed by atoms with Gasteiger partial charge in [-0.05, 0) is 56.3 Å². The molecule has 6 heteroatoms. The molecule has 0 bridgehead atoms. The number of rotatable bonds is 7. The number of aryl methyl sites for hydroxylation is 1. The van der Waals surface area contributed by atoms with Crippen molar-refractivity contribution in [1.82, 2.24) is 19.8 Å². The van der Waals surface area contributed by atoms with Crippen molar-refractivity contribution >= 4 is 5.91 Å². The molecular formula is C22H30N4O2. The van der Waals surface area contributed by atoms with Crippen molar-refractivity contribution in [1.29, 1.82) is 0 Å². The molecule has 0 radical (unpaired) electrons. The lowest BCUT2D eigenvalue weighted by Crippen LogP contribution is -2.42. The van der Waals surface area contributed by atoms with E-state index in [1.807, 2.05) is 31.0 Å². The molecule has 1 saturated heterocycles. The van der Waals surface area contributed by atoms with Gasteiger partial charge in [0.15, 0.2) is 0 Å². The number of hydrogen-bond donors (Lipinski definition) is 0. The van der Waals surface area contributed by atoms with Crippen LogP contribution in [0, 0.1) is 12.8 Å². The minimum atomic E-state index is -0.00430. The number of nitrogens with zero attached hydrogens (tertiary/aromatic N) is 4. The molecule has 0 spiro atoms. The van der Waals surface area contributed by atoms with E-state index in [1.165, 1.54) is 18.4 Å². The van der Waals surface area contributed by atoms with Crippen LogP contribution < -0.4 is 4.74 Å². The van der Waals surface area contributed by atoms with Crippen molar-refractivity contribution in [3.05, 3.63) is 53.6 Å². The van der Waals surface area contributed by atoms with Crippen molar-refractivity contribution in [3.63, 3.8) is 0 Å². The first kappa shape index (κ1) is 20.3. The third-order valence-corrected chi connectivity index (χ3v) is 5.39. The van der Waals surface area contributed by atoms with Crippen LogP contribution in [0.4, 0.5) is 0 Å². The van der Waals surface area contributed by atoms with Gasteiger partial charge in [-0.15, -0.1) is 0 Å². The Morgan fingerprint density at radius 2 is 1.96 bits per heavy atom. The Bertz CT molecular complexity index is 761. The highest BCUT2D eigenvalue weighted by Crippen LogP contribution is 2.19. The Hall–Kier alpha value is -2.47. The average Bonchev–Trinajstić information content (AvgIpc) is 2.73. The van der Waals surface area contributed by atoms with Crippen LogP contribution in [0.25, 0.3) is 0 Å². The summed E-state index contributed by atoms with van der Waals surface area (Å²) in [5.74, 6) is 2.08. The van der Waals surface area contributed by atoms with Gasteiger partial charge in [-0.1, -0.05) is 12.1 Å². The highest BCUT2D eigenvalue weighted by Gasteiger charge is 2.23. The minimum Gasteiger partial charge on any atom is -0.497 e. The Morgan fingerprint density at radius 3 is 2.64 bits per heavy atom. The molecule has 1 aliphatic heterocycles. The fraction of sp³-hybridized carbons (Fsp3) is 0.500. The van der Waals surface area contributed by atoms with Gasteiger partial charge < -0.3 is 14.5 Å². The number of carbonyl (C=O) groups is 1. The Kier molecular flexibility index (Phi) is 6.98. The first-order valence-corrected chi connectivity index (χ1v) is 9.94. The maximum atomic E-state index is 12.6. The van der Waals surface area contributed by atoms with Crippen LogP contribution in [0.5, 0.6) is 5.75 Å². The predicted octanol–water partition coefficient (Wildman–Crippen LogP) is 2.82. The highest BCUT2D eigenvalue weighted by molar-refractivity contribution is 5.93. The van der Waals surface area contributed by atoms with E-state index < -0.39 is 0 Å². The van der Waals surface area contributed by atoms with E-state index in [2.05, 4.69) is 27.0 Å². The molecule has 0 N–H and O–H groups in total. The van der Waals surface area contributed by atoms with Crippen LogP contribution >= 0.6 is 0 Å². The molecule has 3 rings (SSSR count). The van der Waals surface area contributed by atoms with Gasteiger partial charge in [-0.2, -0.15) is 0 Å². The molecule has 0 saturated carbocycles. The van der Waals surface area contributed by atoms with Crippen LogP contribution in [0.15, 0.2) is 36.7 Å². The summed E-state index contributed by atoms with van der Waals surface area (Å²) in [6.07, 6.45) is 6.61. The Balaban J connectivity index is 1.48. The number of amides is 1. The predicted molar refractivity (Wildman–Crippen MR) is 110 cm³/mol. The molecule has 6 nitrogen and oxygen atoms in total. The van der Waals surface area contributed by atoms with E-state index in [9.17, 15) is 4.79 Å². The second kappa shape index (κ2) is 9.64. The van der Waals surface area contributed by atoms with E-state index in [-0.39, 0.29) is 5.91 Å². The van der Waals surface area contributed by atoms with Gasteiger partial charge in [0, 0.05) is 39.1 Å². The Labute approximate surface area is 167 Å². The standard InChI is InChI=1S/C22H30N4O2/c1-17-23-13-20(14-24-17)22(27)25(2)15-19-5-4-11-26(16-19)12-10-18-6-8-21(28-3)9-7-18/h6-9,13-14,19H,4-5,10-12,15-16H2,1-3H3/t19-/m0/s1. The molecule has 1 fully saturated rings. The summed E-state index contributed by atoms with van der Waals surface area (Å²) >= 11 is 0. The monoisotopic (exact) mass is 382 g/mol. The number of aromatic nitrogens is 2. The molecule has 28 heavy (non-hydrogen) atoms. The van der Waals surface area contributed by atoms with Gasteiger partial charge >= 0.3 is 0 Å². The van der Waals surface area contributed by atoms with Crippen LogP contribution in [-0.4, -0.2) is 66.0 Å². The van der Waals surface area contributed by atoms with Crippen molar-refractivity contribution in [2.24, 2.45) is 5.92 Å². The summed E-state index contributed by atoms with van der Waals surface area (Å²) in [5, 5.41) is 0. The second-order valence-corrected chi connectivity index (χ2v) is 7.61. The van der Waals surface area contributed by atoms with Gasteiger partial charge in [-0.25, -0.2) is 9.97 Å². The zero-order chi connectivity index (χ0) is 19.9. The first-order valence-electron chi connectivity index (χ1n) is 9.94. The average molecular weight is 383 g/mol. The van der Waals surface area contributed by atoms with Gasteiger partial charge in [-0.3, -0.25) is 4.79 Å². The third kappa shape index (κ3) is 5.52. The topological polar surface area (TPSA) is 58.6 Å². The number of likely N-dealkylation sites (tertiary alicyclic amines) is 1. The fourth-order valence-electron chi connectivity index (χ4n) is 3.78. The molecular weight excluding hydrogens is 352 g/mol. The summed E-state index contributed by atoms with van der Waals surface area (Å²) in [5.41, 5.74) is 1.88. The molecule has 1 aliphatic rings. The van der Waals surface area contributed by atoms with Gasteiger partial charge in [0.2, 0.25) is 0 Å². The zero-order valence-corrected chi connectivity index (χ0v) is 17.1. The van der Waals surface area contributed by atoms with Gasteiger partial charge in [0.25, 0.3) is 5.91 Å². The molecule has 150 valence electrons. The third-order valence-electron chi connectivity index (χ3n) is 5.39. The molecule has 1 aromatic heterocycles. The maximum absolute atomic E-state index is 12.6. The number of hydrogen-bond acceptors (Lipinski definition) is 5. The lowest BCUT2D eigenvalue weighted by molar-refractivity contribution is 0.0729.